The number of nitrogens with two attached hydrogens (primary N) is 1. The maximum absolute atomic E-state index is 13.1. The van der Waals surface area contributed by atoms with Crippen LogP contribution in [0.25, 0.3) is 0 Å². The van der Waals surface area contributed by atoms with Crippen LogP contribution in [0, 0.1) is 23.4 Å². The van der Waals surface area contributed by atoms with Gasteiger partial charge in [0.25, 0.3) is 5.91 Å². The maximum atomic E-state index is 13.1. The fourth-order valence-electron chi connectivity index (χ4n) is 2.43. The molecule has 2 atom stereocenters. The van der Waals surface area contributed by atoms with Crippen LogP contribution in [0.4, 0.5) is 13.2 Å². The molecule has 0 saturated carbocycles. The first-order chi connectivity index (χ1) is 8.88. The number of nitrogens with zero attached hydrogens (tertiary/aromatic N) is 1. The Kier molecular flexibility index (Phi) is 3.80. The lowest BCUT2D eigenvalue weighted by Gasteiger charge is -2.34. The SMILES string of the molecule is CC1CC(N)CN(C(=O)c2cc(F)c(F)c(F)c2)C1. The van der Waals surface area contributed by atoms with Gasteiger partial charge in [0.1, 0.15) is 0 Å². The number of rotatable bonds is 1. The van der Waals surface area contributed by atoms with Crippen molar-refractivity contribution in [3.8, 4) is 0 Å². The van der Waals surface area contributed by atoms with E-state index in [1.54, 1.807) is 0 Å². The Hall–Kier alpha value is -1.56. The van der Waals surface area contributed by atoms with Gasteiger partial charge in [-0.2, -0.15) is 0 Å². The van der Waals surface area contributed by atoms with Crippen molar-refractivity contribution in [3.63, 3.8) is 0 Å². The van der Waals surface area contributed by atoms with Gasteiger partial charge in [-0.05, 0) is 24.5 Å². The Labute approximate surface area is 109 Å². The van der Waals surface area contributed by atoms with Crippen molar-refractivity contribution in [2.75, 3.05) is 13.1 Å². The first-order valence-corrected chi connectivity index (χ1v) is 6.08. The predicted molar refractivity (Wildman–Crippen MR) is 64.0 cm³/mol. The molecule has 104 valence electrons. The molecule has 1 amide bonds. The molecule has 0 aromatic heterocycles. The molecule has 1 aromatic carbocycles. The van der Waals surface area contributed by atoms with Gasteiger partial charge < -0.3 is 10.6 Å². The molecule has 2 N–H and O–H groups in total. The van der Waals surface area contributed by atoms with Crippen LogP contribution in [0.1, 0.15) is 23.7 Å². The lowest BCUT2D eigenvalue weighted by atomic mass is 9.96. The highest BCUT2D eigenvalue weighted by Gasteiger charge is 2.27. The fourth-order valence-corrected chi connectivity index (χ4v) is 2.43. The second kappa shape index (κ2) is 5.21. The Morgan fingerprint density at radius 1 is 1.26 bits per heavy atom. The number of carbonyl (C=O) groups excluding carboxylic acids is 1. The van der Waals surface area contributed by atoms with Gasteiger partial charge in [-0.1, -0.05) is 6.92 Å². The van der Waals surface area contributed by atoms with E-state index in [0.717, 1.165) is 6.42 Å². The van der Waals surface area contributed by atoms with Crippen LogP contribution in [-0.2, 0) is 0 Å². The summed E-state index contributed by atoms with van der Waals surface area (Å²) < 4.78 is 39.1. The average Bonchev–Trinajstić information content (AvgIpc) is 2.33. The van der Waals surface area contributed by atoms with Gasteiger partial charge in [0, 0.05) is 24.7 Å². The zero-order valence-corrected chi connectivity index (χ0v) is 10.5. The molecule has 0 spiro atoms. The summed E-state index contributed by atoms with van der Waals surface area (Å²) in [5, 5.41) is 0. The molecule has 1 aliphatic heterocycles. The van der Waals surface area contributed by atoms with Crippen molar-refractivity contribution < 1.29 is 18.0 Å². The van der Waals surface area contributed by atoms with E-state index < -0.39 is 23.4 Å². The molecule has 1 fully saturated rings. The highest BCUT2D eigenvalue weighted by Crippen LogP contribution is 2.20. The molecule has 2 rings (SSSR count). The van der Waals surface area contributed by atoms with Crippen LogP contribution >= 0.6 is 0 Å². The topological polar surface area (TPSA) is 46.3 Å². The van der Waals surface area contributed by atoms with E-state index >= 15 is 0 Å². The minimum atomic E-state index is -1.57. The van der Waals surface area contributed by atoms with Crippen molar-refractivity contribution in [1.82, 2.24) is 4.90 Å². The quantitative estimate of drug-likeness (QED) is 0.794. The lowest BCUT2D eigenvalue weighted by molar-refractivity contribution is 0.0659. The molecular formula is C13H15F3N2O. The molecule has 19 heavy (non-hydrogen) atoms. The third-order valence-corrected chi connectivity index (χ3v) is 3.21. The van der Waals surface area contributed by atoms with E-state index in [-0.39, 0.29) is 17.5 Å². The number of likely N-dealkylation sites (tertiary alicyclic amines) is 1. The fraction of sp³-hybridized carbons (Fsp3) is 0.462. The highest BCUT2D eigenvalue weighted by molar-refractivity contribution is 5.94. The Morgan fingerprint density at radius 2 is 1.84 bits per heavy atom. The number of amides is 1. The summed E-state index contributed by atoms with van der Waals surface area (Å²) in [6.07, 6.45) is 0.802. The van der Waals surface area contributed by atoms with Crippen molar-refractivity contribution in [3.05, 3.63) is 35.1 Å². The van der Waals surface area contributed by atoms with Gasteiger partial charge in [0.2, 0.25) is 0 Å². The normalized spacial score (nSPS) is 23.5. The van der Waals surface area contributed by atoms with Crippen molar-refractivity contribution >= 4 is 5.91 Å². The Balaban J connectivity index is 2.24. The molecule has 3 nitrogen and oxygen atoms in total. The van der Waals surface area contributed by atoms with Crippen molar-refractivity contribution in [2.24, 2.45) is 11.7 Å². The van der Waals surface area contributed by atoms with E-state index in [4.69, 9.17) is 5.73 Å². The van der Waals surface area contributed by atoms with Gasteiger partial charge in [0.15, 0.2) is 17.5 Å². The molecule has 6 heteroatoms. The number of hydrogen-bond acceptors (Lipinski definition) is 2. The Bertz CT molecular complexity index is 474. The van der Waals surface area contributed by atoms with E-state index in [1.807, 2.05) is 6.92 Å². The molecule has 2 unspecified atom stereocenters. The molecule has 1 saturated heterocycles. The van der Waals surface area contributed by atoms with Crippen molar-refractivity contribution in [2.45, 2.75) is 19.4 Å². The zero-order chi connectivity index (χ0) is 14.2. The molecule has 0 radical (unpaired) electrons. The third-order valence-electron chi connectivity index (χ3n) is 3.21. The molecular weight excluding hydrogens is 257 g/mol. The predicted octanol–water partition coefficient (Wildman–Crippen LogP) is 1.91. The summed E-state index contributed by atoms with van der Waals surface area (Å²) in [7, 11) is 0. The summed E-state index contributed by atoms with van der Waals surface area (Å²) in [5.41, 5.74) is 5.62. The number of benzene rings is 1. The largest absolute Gasteiger partial charge is 0.337 e. The van der Waals surface area contributed by atoms with Crippen LogP contribution in [0.2, 0.25) is 0 Å². The second-order valence-corrected chi connectivity index (χ2v) is 5.06. The van der Waals surface area contributed by atoms with Gasteiger partial charge in [-0.3, -0.25) is 4.79 Å². The van der Waals surface area contributed by atoms with Crippen LogP contribution in [0.5, 0.6) is 0 Å². The minimum Gasteiger partial charge on any atom is -0.337 e. The van der Waals surface area contributed by atoms with Crippen LogP contribution in [0.15, 0.2) is 12.1 Å². The zero-order valence-electron chi connectivity index (χ0n) is 10.5. The number of piperidine rings is 1. The van der Waals surface area contributed by atoms with E-state index in [9.17, 15) is 18.0 Å². The second-order valence-electron chi connectivity index (χ2n) is 5.06. The number of halogens is 3. The summed E-state index contributed by atoms with van der Waals surface area (Å²) >= 11 is 0. The first kappa shape index (κ1) is 13.9. The molecule has 0 bridgehead atoms. The summed E-state index contributed by atoms with van der Waals surface area (Å²) in [6.45, 7) is 2.77. The summed E-state index contributed by atoms with van der Waals surface area (Å²) in [6, 6.07) is 1.28. The van der Waals surface area contributed by atoms with Crippen LogP contribution < -0.4 is 5.73 Å². The Morgan fingerprint density at radius 3 is 2.37 bits per heavy atom. The van der Waals surface area contributed by atoms with Gasteiger partial charge in [-0.25, -0.2) is 13.2 Å². The van der Waals surface area contributed by atoms with Crippen LogP contribution in [-0.4, -0.2) is 29.9 Å². The van der Waals surface area contributed by atoms with Crippen molar-refractivity contribution in [1.29, 1.82) is 0 Å². The number of carbonyl (C=O) groups is 1. The first-order valence-electron chi connectivity index (χ1n) is 6.08. The monoisotopic (exact) mass is 272 g/mol. The molecule has 0 aliphatic carbocycles. The highest BCUT2D eigenvalue weighted by atomic mass is 19.2. The summed E-state index contributed by atoms with van der Waals surface area (Å²) in [4.78, 5) is 13.6. The maximum Gasteiger partial charge on any atom is 0.254 e. The van der Waals surface area contributed by atoms with E-state index in [1.165, 1.54) is 4.90 Å². The van der Waals surface area contributed by atoms with E-state index in [0.29, 0.717) is 25.2 Å². The molecule has 1 heterocycles. The molecule has 1 aliphatic rings. The lowest BCUT2D eigenvalue weighted by Crippen LogP contribution is -2.48. The van der Waals surface area contributed by atoms with Crippen LogP contribution in [0.3, 0.4) is 0 Å². The molecule has 1 aromatic rings. The average molecular weight is 272 g/mol. The van der Waals surface area contributed by atoms with Gasteiger partial charge in [0.05, 0.1) is 0 Å². The summed E-state index contributed by atoms with van der Waals surface area (Å²) in [5.74, 6) is -4.60. The van der Waals surface area contributed by atoms with Gasteiger partial charge in [-0.15, -0.1) is 0 Å². The minimum absolute atomic E-state index is 0.150. The smallest absolute Gasteiger partial charge is 0.254 e. The third kappa shape index (κ3) is 2.89. The van der Waals surface area contributed by atoms with Gasteiger partial charge >= 0.3 is 0 Å². The van der Waals surface area contributed by atoms with E-state index in [2.05, 4.69) is 0 Å². The number of hydrogen-bond donors (Lipinski definition) is 1. The standard InChI is InChI=1S/C13H15F3N2O/c1-7-2-9(17)6-18(5-7)13(19)8-3-10(14)12(16)11(15)4-8/h3-4,7,9H,2,5-6,17H2,1H3.